The third-order valence-electron chi connectivity index (χ3n) is 1.89. The Bertz CT molecular complexity index is 503. The standard InChI is InChI=1S/C12H13NO3Si/c1-17(2,3)9-8-12(14)10-4-6-11(7-5-10)13(15)16/h4-7H,1-3H3. The van der Waals surface area contributed by atoms with E-state index in [0.717, 1.165) is 0 Å². The lowest BCUT2D eigenvalue weighted by Gasteiger charge is -2.02. The number of carbonyl (C=O) groups is 1. The van der Waals surface area contributed by atoms with E-state index < -0.39 is 13.0 Å². The van der Waals surface area contributed by atoms with Gasteiger partial charge in [-0.3, -0.25) is 14.9 Å². The Morgan fingerprint density at radius 1 is 1.24 bits per heavy atom. The van der Waals surface area contributed by atoms with E-state index >= 15 is 0 Å². The Morgan fingerprint density at radius 2 is 1.76 bits per heavy atom. The minimum atomic E-state index is -1.57. The SMILES string of the molecule is C[Si](C)(C)C#CC(=O)c1ccc([N+](=O)[O-])cc1. The van der Waals surface area contributed by atoms with Gasteiger partial charge in [-0.05, 0) is 18.1 Å². The summed E-state index contributed by atoms with van der Waals surface area (Å²) < 4.78 is 0. The minimum Gasteiger partial charge on any atom is -0.279 e. The lowest BCUT2D eigenvalue weighted by atomic mass is 10.1. The van der Waals surface area contributed by atoms with Crippen LogP contribution < -0.4 is 0 Å². The van der Waals surface area contributed by atoms with Gasteiger partial charge in [0.2, 0.25) is 5.78 Å². The topological polar surface area (TPSA) is 60.2 Å². The number of hydrogen-bond donors (Lipinski definition) is 0. The summed E-state index contributed by atoms with van der Waals surface area (Å²) in [6, 6.07) is 5.48. The Kier molecular flexibility index (Phi) is 3.81. The van der Waals surface area contributed by atoms with Crippen LogP contribution in [0.5, 0.6) is 0 Å². The smallest absolute Gasteiger partial charge is 0.269 e. The van der Waals surface area contributed by atoms with Crippen LogP contribution in [0, 0.1) is 21.6 Å². The second-order valence-corrected chi connectivity index (χ2v) is 9.38. The summed E-state index contributed by atoms with van der Waals surface area (Å²) in [7, 11) is -1.57. The number of non-ortho nitro benzene ring substituents is 1. The van der Waals surface area contributed by atoms with E-state index in [0.29, 0.717) is 5.56 Å². The highest BCUT2D eigenvalue weighted by molar-refractivity contribution is 6.84. The largest absolute Gasteiger partial charge is 0.279 e. The molecule has 0 amide bonds. The molecule has 1 aromatic carbocycles. The third kappa shape index (κ3) is 4.21. The highest BCUT2D eigenvalue weighted by Crippen LogP contribution is 2.12. The number of nitro benzene ring substituents is 1. The predicted molar refractivity (Wildman–Crippen MR) is 68.5 cm³/mol. The molecule has 0 heterocycles. The Balaban J connectivity index is 2.90. The number of Topliss-reactive ketones (excluding diaryl/α,β-unsaturated/α-hetero) is 1. The molecule has 0 radical (unpaired) electrons. The maximum atomic E-state index is 11.7. The van der Waals surface area contributed by atoms with E-state index in [-0.39, 0.29) is 11.5 Å². The van der Waals surface area contributed by atoms with Crippen LogP contribution in [0.1, 0.15) is 10.4 Å². The fourth-order valence-electron chi connectivity index (χ4n) is 1.05. The third-order valence-corrected chi connectivity index (χ3v) is 2.77. The summed E-state index contributed by atoms with van der Waals surface area (Å²) in [5.74, 6) is 2.30. The van der Waals surface area contributed by atoms with Crippen LogP contribution in [0.3, 0.4) is 0 Å². The molecular formula is C12H13NO3Si. The van der Waals surface area contributed by atoms with Gasteiger partial charge in [0.1, 0.15) is 8.07 Å². The normalized spacial score (nSPS) is 10.3. The molecule has 88 valence electrons. The first-order valence-corrected chi connectivity index (χ1v) is 8.61. The fraction of sp³-hybridized carbons (Fsp3) is 0.250. The summed E-state index contributed by atoms with van der Waals surface area (Å²) in [6.07, 6.45) is 0. The van der Waals surface area contributed by atoms with Crippen molar-refractivity contribution in [1.29, 1.82) is 0 Å². The zero-order valence-corrected chi connectivity index (χ0v) is 11.0. The molecule has 17 heavy (non-hydrogen) atoms. The van der Waals surface area contributed by atoms with E-state index in [2.05, 4.69) is 11.5 Å². The van der Waals surface area contributed by atoms with Gasteiger partial charge < -0.3 is 0 Å². The van der Waals surface area contributed by atoms with Crippen LogP contribution >= 0.6 is 0 Å². The molecule has 0 aliphatic carbocycles. The van der Waals surface area contributed by atoms with Crippen molar-refractivity contribution in [2.24, 2.45) is 0 Å². The number of carbonyl (C=O) groups excluding carboxylic acids is 1. The summed E-state index contributed by atoms with van der Waals surface area (Å²) in [4.78, 5) is 21.6. The van der Waals surface area contributed by atoms with Gasteiger partial charge in [-0.25, -0.2) is 0 Å². The molecule has 0 aromatic heterocycles. The van der Waals surface area contributed by atoms with Crippen molar-refractivity contribution in [2.45, 2.75) is 19.6 Å². The molecule has 0 bridgehead atoms. The van der Waals surface area contributed by atoms with Crippen LogP contribution in [0.2, 0.25) is 19.6 Å². The van der Waals surface area contributed by atoms with E-state index in [9.17, 15) is 14.9 Å². The predicted octanol–water partition coefficient (Wildman–Crippen LogP) is 2.66. The highest BCUT2D eigenvalue weighted by atomic mass is 28.3. The van der Waals surface area contributed by atoms with Gasteiger partial charge in [-0.1, -0.05) is 19.6 Å². The lowest BCUT2D eigenvalue weighted by Crippen LogP contribution is -2.17. The molecule has 1 aromatic rings. The van der Waals surface area contributed by atoms with Crippen LogP contribution in [-0.2, 0) is 0 Å². The second-order valence-electron chi connectivity index (χ2n) is 4.63. The first kappa shape index (κ1) is 13.1. The summed E-state index contributed by atoms with van der Waals surface area (Å²) in [6.45, 7) is 6.13. The van der Waals surface area contributed by atoms with Gasteiger partial charge in [0.15, 0.2) is 0 Å². The van der Waals surface area contributed by atoms with Crippen molar-refractivity contribution in [3.63, 3.8) is 0 Å². The van der Waals surface area contributed by atoms with Crippen LogP contribution in [0.15, 0.2) is 24.3 Å². The van der Waals surface area contributed by atoms with E-state index in [4.69, 9.17) is 0 Å². The number of rotatable bonds is 2. The second kappa shape index (κ2) is 4.93. The molecule has 0 saturated carbocycles. The van der Waals surface area contributed by atoms with Crippen molar-refractivity contribution in [3.8, 4) is 11.5 Å². The van der Waals surface area contributed by atoms with E-state index in [1.54, 1.807) is 0 Å². The number of nitrogens with zero attached hydrogens (tertiary/aromatic N) is 1. The van der Waals surface area contributed by atoms with Gasteiger partial charge in [0.05, 0.1) is 4.92 Å². The molecule has 0 aliphatic heterocycles. The van der Waals surface area contributed by atoms with Gasteiger partial charge in [-0.15, -0.1) is 5.54 Å². The van der Waals surface area contributed by atoms with E-state index in [1.165, 1.54) is 24.3 Å². The van der Waals surface area contributed by atoms with Crippen molar-refractivity contribution >= 4 is 19.5 Å². The van der Waals surface area contributed by atoms with Crippen LogP contribution in [0.4, 0.5) is 5.69 Å². The zero-order valence-electron chi connectivity index (χ0n) is 9.98. The first-order chi connectivity index (χ1) is 7.79. The molecule has 1 rings (SSSR count). The Hall–Kier alpha value is -1.93. The maximum absolute atomic E-state index is 11.7. The summed E-state index contributed by atoms with van der Waals surface area (Å²) in [5, 5.41) is 10.4. The number of benzene rings is 1. The van der Waals surface area contributed by atoms with Crippen LogP contribution in [0.25, 0.3) is 0 Å². The quantitative estimate of drug-likeness (QED) is 0.265. The maximum Gasteiger partial charge on any atom is 0.269 e. The lowest BCUT2D eigenvalue weighted by molar-refractivity contribution is -0.384. The average Bonchev–Trinajstić information content (AvgIpc) is 2.25. The molecule has 0 N–H and O–H groups in total. The molecule has 0 fully saturated rings. The van der Waals surface area contributed by atoms with Gasteiger partial charge in [-0.2, -0.15) is 0 Å². The zero-order chi connectivity index (χ0) is 13.1. The van der Waals surface area contributed by atoms with Gasteiger partial charge in [0.25, 0.3) is 5.69 Å². The van der Waals surface area contributed by atoms with Crippen molar-refractivity contribution < 1.29 is 9.72 Å². The molecule has 0 aliphatic rings. The summed E-state index contributed by atoms with van der Waals surface area (Å²) in [5.41, 5.74) is 3.33. The molecule has 5 heteroatoms. The highest BCUT2D eigenvalue weighted by Gasteiger charge is 2.10. The van der Waals surface area contributed by atoms with Crippen LogP contribution in [-0.4, -0.2) is 18.8 Å². The molecule has 4 nitrogen and oxygen atoms in total. The first-order valence-electron chi connectivity index (χ1n) is 5.11. The molecular weight excluding hydrogens is 234 g/mol. The van der Waals surface area contributed by atoms with Crippen molar-refractivity contribution in [1.82, 2.24) is 0 Å². The van der Waals surface area contributed by atoms with Crippen molar-refractivity contribution in [3.05, 3.63) is 39.9 Å². The van der Waals surface area contributed by atoms with Gasteiger partial charge in [0, 0.05) is 17.7 Å². The molecule has 0 spiro atoms. The molecule has 0 saturated heterocycles. The van der Waals surface area contributed by atoms with Crippen molar-refractivity contribution in [2.75, 3.05) is 0 Å². The number of hydrogen-bond acceptors (Lipinski definition) is 3. The Labute approximate surface area is 101 Å². The van der Waals surface area contributed by atoms with E-state index in [1.807, 2.05) is 19.6 Å². The fourth-order valence-corrected chi connectivity index (χ4v) is 1.54. The number of nitro groups is 1. The van der Waals surface area contributed by atoms with Gasteiger partial charge >= 0.3 is 0 Å². The minimum absolute atomic E-state index is 0.0281. The summed E-state index contributed by atoms with van der Waals surface area (Å²) >= 11 is 0. The Morgan fingerprint density at radius 3 is 2.18 bits per heavy atom. The molecule has 0 atom stereocenters. The molecule has 0 unspecified atom stereocenters. The monoisotopic (exact) mass is 247 g/mol. The average molecular weight is 247 g/mol. The number of ketones is 1.